The van der Waals surface area contributed by atoms with Crippen LogP contribution >= 0.6 is 11.3 Å². The van der Waals surface area contributed by atoms with E-state index < -0.39 is 0 Å². The van der Waals surface area contributed by atoms with Crippen LogP contribution in [0.1, 0.15) is 5.56 Å². The molecule has 0 radical (unpaired) electrons. The van der Waals surface area contributed by atoms with E-state index in [0.717, 1.165) is 17.0 Å². The molecule has 2 aromatic rings. The second-order valence-corrected chi connectivity index (χ2v) is 4.71. The number of carbonyl (C=O) groups excluding carboxylic acids is 1. The average molecular weight is 289 g/mol. The van der Waals surface area contributed by atoms with E-state index in [4.69, 9.17) is 4.74 Å². The van der Waals surface area contributed by atoms with Crippen LogP contribution in [0.5, 0.6) is 5.75 Å². The molecule has 0 aliphatic carbocycles. The fourth-order valence-electron chi connectivity index (χ4n) is 1.46. The van der Waals surface area contributed by atoms with Gasteiger partial charge in [-0.1, -0.05) is 0 Å². The third kappa shape index (κ3) is 4.40. The molecule has 0 spiro atoms. The molecule has 0 atom stereocenters. The summed E-state index contributed by atoms with van der Waals surface area (Å²) in [6.07, 6.45) is 1.61. The molecule has 0 saturated heterocycles. The van der Waals surface area contributed by atoms with Gasteiger partial charge >= 0.3 is 0 Å². The molecule has 6 heteroatoms. The number of methoxy groups -OCH3 is 1. The summed E-state index contributed by atoms with van der Waals surface area (Å²) in [7, 11) is 1.61. The molecule has 0 aliphatic rings. The molecule has 20 heavy (non-hydrogen) atoms. The van der Waals surface area contributed by atoms with E-state index >= 15 is 0 Å². The van der Waals surface area contributed by atoms with Crippen molar-refractivity contribution in [2.45, 2.75) is 0 Å². The van der Waals surface area contributed by atoms with Gasteiger partial charge in [0, 0.05) is 11.3 Å². The SMILES string of the molecule is COc1ccc(NCC(=O)N/N=C/c2ccsc2)cc1. The number of rotatable bonds is 6. The molecular weight excluding hydrogens is 274 g/mol. The fraction of sp³-hybridized carbons (Fsp3) is 0.143. The summed E-state index contributed by atoms with van der Waals surface area (Å²) in [6, 6.07) is 9.28. The van der Waals surface area contributed by atoms with E-state index in [1.54, 1.807) is 24.7 Å². The highest BCUT2D eigenvalue weighted by Gasteiger charge is 1.99. The Morgan fingerprint density at radius 1 is 1.35 bits per heavy atom. The maximum absolute atomic E-state index is 11.6. The van der Waals surface area contributed by atoms with Crippen LogP contribution in [0.25, 0.3) is 0 Å². The molecule has 0 fully saturated rings. The van der Waals surface area contributed by atoms with Crippen molar-refractivity contribution < 1.29 is 9.53 Å². The van der Waals surface area contributed by atoms with Crippen molar-refractivity contribution in [3.63, 3.8) is 0 Å². The van der Waals surface area contributed by atoms with E-state index in [1.165, 1.54) is 0 Å². The molecule has 5 nitrogen and oxygen atoms in total. The molecular formula is C14H15N3O2S. The average Bonchev–Trinajstić information content (AvgIpc) is 2.99. The highest BCUT2D eigenvalue weighted by molar-refractivity contribution is 7.08. The molecule has 2 rings (SSSR count). The highest BCUT2D eigenvalue weighted by Crippen LogP contribution is 2.14. The van der Waals surface area contributed by atoms with Gasteiger partial charge in [0.05, 0.1) is 19.9 Å². The predicted molar refractivity (Wildman–Crippen MR) is 81.5 cm³/mol. The number of ether oxygens (including phenoxy) is 1. The molecule has 1 aromatic carbocycles. The highest BCUT2D eigenvalue weighted by atomic mass is 32.1. The van der Waals surface area contributed by atoms with E-state index in [1.807, 2.05) is 41.1 Å². The maximum atomic E-state index is 11.6. The van der Waals surface area contributed by atoms with Crippen LogP contribution in [0.4, 0.5) is 5.69 Å². The molecule has 1 aromatic heterocycles. The topological polar surface area (TPSA) is 62.7 Å². The Labute approximate surface area is 121 Å². The number of nitrogens with zero attached hydrogens (tertiary/aromatic N) is 1. The van der Waals surface area contributed by atoms with Gasteiger partial charge in [-0.3, -0.25) is 4.79 Å². The number of benzene rings is 1. The van der Waals surface area contributed by atoms with Crippen molar-refractivity contribution in [1.82, 2.24) is 5.43 Å². The lowest BCUT2D eigenvalue weighted by molar-refractivity contribution is -0.119. The third-order valence-electron chi connectivity index (χ3n) is 2.49. The van der Waals surface area contributed by atoms with Gasteiger partial charge in [0.1, 0.15) is 5.75 Å². The Hall–Kier alpha value is -2.34. The summed E-state index contributed by atoms with van der Waals surface area (Å²) in [5.41, 5.74) is 4.28. The molecule has 0 bridgehead atoms. The van der Waals surface area contributed by atoms with Gasteiger partial charge in [-0.2, -0.15) is 16.4 Å². The van der Waals surface area contributed by atoms with E-state index in [0.29, 0.717) is 0 Å². The Morgan fingerprint density at radius 3 is 2.80 bits per heavy atom. The number of thiophene rings is 1. The number of hydrogen-bond donors (Lipinski definition) is 2. The number of amides is 1. The summed E-state index contributed by atoms with van der Waals surface area (Å²) in [5.74, 6) is 0.577. The van der Waals surface area contributed by atoms with Gasteiger partial charge in [0.2, 0.25) is 0 Å². The van der Waals surface area contributed by atoms with Gasteiger partial charge in [-0.05, 0) is 41.1 Å². The third-order valence-corrected chi connectivity index (χ3v) is 3.19. The quantitative estimate of drug-likeness (QED) is 0.633. The van der Waals surface area contributed by atoms with Crippen LogP contribution in [0, 0.1) is 0 Å². The largest absolute Gasteiger partial charge is 0.497 e. The zero-order valence-electron chi connectivity index (χ0n) is 11.0. The minimum atomic E-state index is -0.202. The molecule has 104 valence electrons. The zero-order chi connectivity index (χ0) is 14.2. The van der Waals surface area contributed by atoms with Crippen LogP contribution in [-0.2, 0) is 4.79 Å². The summed E-state index contributed by atoms with van der Waals surface area (Å²) in [5, 5.41) is 10.8. The number of carbonyl (C=O) groups is 1. The van der Waals surface area contributed by atoms with E-state index in [2.05, 4.69) is 15.8 Å². The van der Waals surface area contributed by atoms with Gasteiger partial charge in [0.15, 0.2) is 0 Å². The van der Waals surface area contributed by atoms with E-state index in [-0.39, 0.29) is 12.5 Å². The Balaban J connectivity index is 1.74. The fourth-order valence-corrected chi connectivity index (χ4v) is 2.07. The van der Waals surface area contributed by atoms with Crippen LogP contribution in [0.2, 0.25) is 0 Å². The number of hydrogen-bond acceptors (Lipinski definition) is 5. The maximum Gasteiger partial charge on any atom is 0.259 e. The Morgan fingerprint density at radius 2 is 2.15 bits per heavy atom. The lowest BCUT2D eigenvalue weighted by Gasteiger charge is -2.06. The Bertz CT molecular complexity index is 565. The van der Waals surface area contributed by atoms with Crippen LogP contribution in [-0.4, -0.2) is 25.8 Å². The number of hydrazone groups is 1. The first-order valence-corrected chi connectivity index (χ1v) is 6.94. The zero-order valence-corrected chi connectivity index (χ0v) is 11.8. The van der Waals surface area contributed by atoms with Crippen molar-refractivity contribution >= 4 is 29.1 Å². The first-order valence-electron chi connectivity index (χ1n) is 6.00. The van der Waals surface area contributed by atoms with Crippen LogP contribution in [0.15, 0.2) is 46.2 Å². The first-order chi connectivity index (χ1) is 9.78. The summed E-state index contributed by atoms with van der Waals surface area (Å²) in [6.45, 7) is 0.160. The first kappa shape index (κ1) is 14.1. The standard InChI is InChI=1S/C14H15N3O2S/c1-19-13-4-2-12(3-5-13)15-9-14(18)17-16-8-11-6-7-20-10-11/h2-8,10,15H,9H2,1H3,(H,17,18)/b16-8+. The lowest BCUT2D eigenvalue weighted by atomic mass is 10.3. The molecule has 0 unspecified atom stereocenters. The van der Waals surface area contributed by atoms with Gasteiger partial charge < -0.3 is 10.1 Å². The molecule has 0 aliphatic heterocycles. The minimum absolute atomic E-state index is 0.160. The predicted octanol–water partition coefficient (Wildman–Crippen LogP) is 2.32. The molecule has 1 amide bonds. The van der Waals surface area contributed by atoms with Crippen molar-refractivity contribution in [2.75, 3.05) is 19.0 Å². The second-order valence-electron chi connectivity index (χ2n) is 3.93. The normalized spacial score (nSPS) is 10.4. The molecule has 2 N–H and O–H groups in total. The summed E-state index contributed by atoms with van der Waals surface area (Å²) < 4.78 is 5.06. The monoisotopic (exact) mass is 289 g/mol. The van der Waals surface area contributed by atoms with Gasteiger partial charge in [-0.15, -0.1) is 0 Å². The summed E-state index contributed by atoms with van der Waals surface area (Å²) >= 11 is 1.58. The number of anilines is 1. The van der Waals surface area contributed by atoms with Crippen molar-refractivity contribution in [2.24, 2.45) is 5.10 Å². The Kier molecular flexibility index (Phi) is 5.14. The molecule has 0 saturated carbocycles. The lowest BCUT2D eigenvalue weighted by Crippen LogP contribution is -2.25. The minimum Gasteiger partial charge on any atom is -0.497 e. The molecule has 1 heterocycles. The van der Waals surface area contributed by atoms with Crippen LogP contribution < -0.4 is 15.5 Å². The number of nitrogens with one attached hydrogen (secondary N) is 2. The second kappa shape index (κ2) is 7.30. The van der Waals surface area contributed by atoms with Crippen LogP contribution in [0.3, 0.4) is 0 Å². The van der Waals surface area contributed by atoms with Crippen molar-refractivity contribution in [1.29, 1.82) is 0 Å². The van der Waals surface area contributed by atoms with Gasteiger partial charge in [-0.25, -0.2) is 5.43 Å². The summed E-state index contributed by atoms with van der Waals surface area (Å²) in [4.78, 5) is 11.6. The smallest absolute Gasteiger partial charge is 0.259 e. The van der Waals surface area contributed by atoms with E-state index in [9.17, 15) is 4.79 Å². The van der Waals surface area contributed by atoms with Gasteiger partial charge in [0.25, 0.3) is 5.91 Å². The van der Waals surface area contributed by atoms with Crippen molar-refractivity contribution in [3.8, 4) is 5.75 Å². The van der Waals surface area contributed by atoms with Crippen molar-refractivity contribution in [3.05, 3.63) is 46.7 Å².